The summed E-state index contributed by atoms with van der Waals surface area (Å²) in [5.74, 6) is 3.09. The van der Waals surface area contributed by atoms with E-state index in [1.165, 1.54) is 141 Å². The zero-order valence-electron chi connectivity index (χ0n) is 37.7. The molecule has 62 heavy (non-hydrogen) atoms. The van der Waals surface area contributed by atoms with Crippen LogP contribution in [0.5, 0.6) is 0 Å². The molecule has 6 aliphatic rings. The van der Waals surface area contributed by atoms with E-state index >= 15 is 0 Å². The molecule has 8 rings (SSSR count). The highest BCUT2D eigenvalue weighted by atomic mass is 15.3. The van der Waals surface area contributed by atoms with Crippen molar-refractivity contribution < 1.29 is 0 Å². The fraction of sp³-hybridized carbons (Fsp3) is 0.750. The third-order valence-electron chi connectivity index (χ3n) is 15.3. The molecule has 0 amide bonds. The summed E-state index contributed by atoms with van der Waals surface area (Å²) in [5.41, 5.74) is 0.762. The number of aliphatic imine (C=N–C) groups is 2. The van der Waals surface area contributed by atoms with Crippen molar-refractivity contribution in [2.75, 3.05) is 34.4 Å². The first-order chi connectivity index (χ1) is 30.4. The van der Waals surface area contributed by atoms with Crippen molar-refractivity contribution in [1.29, 1.82) is 0 Å². The highest BCUT2D eigenvalue weighted by Gasteiger charge is 2.51. The quantitative estimate of drug-likeness (QED) is 0.0506. The molecule has 0 aromatic carbocycles. The number of hydrogen-bond acceptors (Lipinski definition) is 14. The fourth-order valence-electron chi connectivity index (χ4n) is 12.3. The number of rotatable bonds is 17. The van der Waals surface area contributed by atoms with Gasteiger partial charge in [-0.3, -0.25) is 0 Å². The Morgan fingerprint density at radius 1 is 0.484 bits per heavy atom. The highest BCUT2D eigenvalue weighted by Crippen LogP contribution is 2.46. The summed E-state index contributed by atoms with van der Waals surface area (Å²) in [6, 6.07) is 0.547. The summed E-state index contributed by atoms with van der Waals surface area (Å²) in [6.07, 6.45) is 41.6. The average molecular weight is 849 g/mol. The number of piperidine rings is 2. The lowest BCUT2D eigenvalue weighted by Gasteiger charge is -2.56. The van der Waals surface area contributed by atoms with Crippen LogP contribution in [0.4, 0.5) is 35.7 Å². The monoisotopic (exact) mass is 849 g/mol. The van der Waals surface area contributed by atoms with Gasteiger partial charge >= 0.3 is 0 Å². The largest absolute Gasteiger partial charge is 0.351 e. The molecule has 4 saturated carbocycles. The predicted molar refractivity (Wildman–Crippen MR) is 255 cm³/mol. The van der Waals surface area contributed by atoms with Gasteiger partial charge in [0.05, 0.1) is 0 Å². The van der Waals surface area contributed by atoms with Gasteiger partial charge in [-0.1, -0.05) is 76.4 Å². The Morgan fingerprint density at radius 2 is 0.871 bits per heavy atom. The van der Waals surface area contributed by atoms with E-state index in [4.69, 9.17) is 29.9 Å². The Balaban J connectivity index is 0.865. The topological polar surface area (TPSA) is 174 Å². The van der Waals surface area contributed by atoms with Crippen LogP contribution in [0, 0.1) is 0 Å². The van der Waals surface area contributed by atoms with Crippen molar-refractivity contribution in [2.45, 2.75) is 214 Å². The van der Waals surface area contributed by atoms with Gasteiger partial charge < -0.3 is 31.9 Å². The van der Waals surface area contributed by atoms with Crippen molar-refractivity contribution in [3.05, 3.63) is 25.3 Å². The van der Waals surface area contributed by atoms with E-state index in [0.717, 1.165) is 38.5 Å². The Morgan fingerprint density at radius 3 is 1.31 bits per heavy atom. The minimum absolute atomic E-state index is 0.0816. The lowest BCUT2D eigenvalue weighted by Crippen LogP contribution is -2.68. The van der Waals surface area contributed by atoms with Crippen LogP contribution in [0.3, 0.4) is 0 Å². The third kappa shape index (κ3) is 11.2. The van der Waals surface area contributed by atoms with Gasteiger partial charge in [-0.05, 0) is 116 Å². The number of nitrogens with one attached hydrogen (secondary N) is 6. The van der Waals surface area contributed by atoms with Crippen LogP contribution in [-0.2, 0) is 0 Å². The maximum Gasteiger partial charge on any atom is 0.255 e. The van der Waals surface area contributed by atoms with E-state index in [0.29, 0.717) is 59.9 Å². The molecule has 4 aliphatic carbocycles. The van der Waals surface area contributed by atoms with Crippen LogP contribution < -0.4 is 31.9 Å². The van der Waals surface area contributed by atoms with E-state index in [-0.39, 0.29) is 23.2 Å². The van der Waals surface area contributed by atoms with Gasteiger partial charge in [-0.2, -0.15) is 29.9 Å². The van der Waals surface area contributed by atoms with E-state index < -0.39 is 0 Å². The maximum atomic E-state index is 4.83. The molecule has 6 N–H and O–H groups in total. The number of hydrogen-bond donors (Lipinski definition) is 6. The maximum absolute atomic E-state index is 4.83. The molecule has 4 atom stereocenters. The molecule has 4 spiro atoms. The Bertz CT molecular complexity index is 1680. The fourth-order valence-corrected chi connectivity index (χ4v) is 12.3. The minimum atomic E-state index is 0.0816. The van der Waals surface area contributed by atoms with Gasteiger partial charge in [0.1, 0.15) is 0 Å². The molecule has 338 valence electrons. The molecule has 0 bridgehead atoms. The van der Waals surface area contributed by atoms with Crippen molar-refractivity contribution >= 4 is 48.1 Å². The number of aromatic nitrogens is 6. The Labute approximate surface area is 371 Å². The lowest BCUT2D eigenvalue weighted by atomic mass is 9.65. The smallest absolute Gasteiger partial charge is 0.255 e. The van der Waals surface area contributed by atoms with Crippen LogP contribution in [0.15, 0.2) is 35.3 Å². The standard InChI is InChI=1S/C48H76N14/c1-3-33-49-39-55-41(59-43(57-39)53-37-21-9-15-29-47(37)31-19-27-45(61-47)23-11-7-12-24-45)51-35-17-5-6-18-36-52-42-56-40(50-34-4-2)58-44(60-42)54-38-22-10-16-30-48(38)32-20-28-46(62-48)25-13-8-14-26-46/h3-4,35-38,61-62H,1-2,5-34H2,(H2,49,53,55,57,59)(H2,50,54,56,58,60). The second-order valence-corrected chi connectivity index (χ2v) is 19.6. The summed E-state index contributed by atoms with van der Waals surface area (Å²) >= 11 is 0. The number of unbranched alkanes of at least 4 members (excludes halogenated alkanes) is 3. The molecular formula is C48H76N14. The van der Waals surface area contributed by atoms with E-state index in [9.17, 15) is 0 Å². The van der Waals surface area contributed by atoms with E-state index in [1.54, 1.807) is 0 Å². The lowest BCUT2D eigenvalue weighted by molar-refractivity contribution is 0.0578. The van der Waals surface area contributed by atoms with Gasteiger partial charge in [-0.25, -0.2) is 9.98 Å². The van der Waals surface area contributed by atoms with Crippen molar-refractivity contribution in [3.63, 3.8) is 0 Å². The molecule has 2 aliphatic heterocycles. The molecule has 14 nitrogen and oxygen atoms in total. The van der Waals surface area contributed by atoms with Crippen LogP contribution >= 0.6 is 0 Å². The van der Waals surface area contributed by atoms with Crippen LogP contribution in [-0.4, -0.2) is 89.7 Å². The molecule has 14 heteroatoms. The second kappa shape index (κ2) is 21.1. The number of anilines is 4. The number of nitrogens with zero attached hydrogens (tertiary/aromatic N) is 8. The Hall–Kier alpha value is -4.04. The van der Waals surface area contributed by atoms with Crippen LogP contribution in [0.2, 0.25) is 0 Å². The predicted octanol–water partition coefficient (Wildman–Crippen LogP) is 10.1. The molecule has 4 unspecified atom stereocenters. The van der Waals surface area contributed by atoms with Crippen molar-refractivity contribution in [1.82, 2.24) is 40.5 Å². The molecular weight excluding hydrogens is 773 g/mol. The first-order valence-electron chi connectivity index (χ1n) is 24.8. The first-order valence-corrected chi connectivity index (χ1v) is 24.8. The first kappa shape index (κ1) is 44.6. The molecule has 2 aromatic heterocycles. The third-order valence-corrected chi connectivity index (χ3v) is 15.3. The minimum Gasteiger partial charge on any atom is -0.351 e. The summed E-state index contributed by atoms with van der Waals surface area (Å²) in [5, 5.41) is 22.8. The molecule has 6 fully saturated rings. The molecule has 4 heterocycles. The summed E-state index contributed by atoms with van der Waals surface area (Å²) < 4.78 is 0. The molecule has 0 radical (unpaired) electrons. The normalized spacial score (nSPS) is 28.4. The zero-order chi connectivity index (χ0) is 42.6. The summed E-state index contributed by atoms with van der Waals surface area (Å²) in [7, 11) is 0. The second-order valence-electron chi connectivity index (χ2n) is 19.6. The van der Waals surface area contributed by atoms with Gasteiger partial charge in [0, 0.05) is 59.8 Å². The van der Waals surface area contributed by atoms with Gasteiger partial charge in [0.2, 0.25) is 23.8 Å². The van der Waals surface area contributed by atoms with Crippen LogP contribution in [0.1, 0.15) is 180 Å². The SMILES string of the molecule is C=CCNc1nc(N=CCCCCC=Nc2nc(NCC=C)nc(NC3CCCCC34CCCC3(CCCCC3)N4)n2)nc(NC2CCCCC23CCCC2(CCCCC2)N3)n1. The van der Waals surface area contributed by atoms with Gasteiger partial charge in [0.25, 0.3) is 11.9 Å². The summed E-state index contributed by atoms with van der Waals surface area (Å²) in [6.45, 7) is 8.88. The Kier molecular flexibility index (Phi) is 15.2. The van der Waals surface area contributed by atoms with Crippen molar-refractivity contribution in [3.8, 4) is 0 Å². The molecule has 2 aromatic rings. The van der Waals surface area contributed by atoms with Crippen molar-refractivity contribution in [2.24, 2.45) is 9.98 Å². The highest BCUT2D eigenvalue weighted by molar-refractivity contribution is 5.63. The average Bonchev–Trinajstić information content (AvgIpc) is 3.28. The van der Waals surface area contributed by atoms with Gasteiger partial charge in [0.15, 0.2) is 0 Å². The van der Waals surface area contributed by atoms with Crippen LogP contribution in [0.25, 0.3) is 0 Å². The zero-order valence-corrected chi connectivity index (χ0v) is 37.7. The van der Waals surface area contributed by atoms with E-state index in [1.807, 2.05) is 24.6 Å². The summed E-state index contributed by atoms with van der Waals surface area (Å²) in [4.78, 5) is 38.0. The van der Waals surface area contributed by atoms with Gasteiger partial charge in [-0.15, -0.1) is 13.2 Å². The van der Waals surface area contributed by atoms with E-state index in [2.05, 4.69) is 55.0 Å². The molecule has 2 saturated heterocycles.